The van der Waals surface area contributed by atoms with Gasteiger partial charge in [-0.05, 0) is 53.2 Å². The molecule has 0 bridgehead atoms. The molecule has 0 aliphatic rings. The summed E-state index contributed by atoms with van der Waals surface area (Å²) >= 11 is 5.26. The molecule has 1 aromatic heterocycles. The molecule has 0 atom stereocenters. The van der Waals surface area contributed by atoms with E-state index in [1.54, 1.807) is 18.3 Å². The second-order valence-corrected chi connectivity index (χ2v) is 6.69. The molecule has 0 unspecified atom stereocenters. The Morgan fingerprint density at radius 1 is 0.900 bits per heavy atom. The fourth-order valence-electron chi connectivity index (χ4n) is 2.89. The molecular weight excluding hydrogens is 406 g/mol. The molecule has 0 aliphatic carbocycles. The number of hydrogen-bond donors (Lipinski definition) is 1. The minimum absolute atomic E-state index is 0.0661. The monoisotopic (exact) mass is 422 g/mol. The van der Waals surface area contributed by atoms with Crippen LogP contribution in [-0.4, -0.2) is 27.7 Å². The summed E-state index contributed by atoms with van der Waals surface area (Å²) in [4.78, 5) is 0. The molecule has 1 N–H and O–H groups in total. The molecule has 3 aromatic carbocycles. The Bertz CT molecular complexity index is 1200. The Balaban J connectivity index is 1.56. The second kappa shape index (κ2) is 8.79. The van der Waals surface area contributed by atoms with Crippen LogP contribution in [0.2, 0.25) is 0 Å². The van der Waals surface area contributed by atoms with Crippen molar-refractivity contribution < 1.29 is 13.5 Å². The molecule has 1 heterocycles. The van der Waals surface area contributed by atoms with Crippen molar-refractivity contribution in [1.29, 1.82) is 0 Å². The Morgan fingerprint density at radius 3 is 2.20 bits per heavy atom. The van der Waals surface area contributed by atoms with Crippen LogP contribution in [0.25, 0.3) is 22.5 Å². The lowest BCUT2D eigenvalue weighted by molar-refractivity contribution is -0.0498. The second-order valence-electron chi connectivity index (χ2n) is 6.30. The lowest BCUT2D eigenvalue weighted by Crippen LogP contribution is -2.01. The van der Waals surface area contributed by atoms with Gasteiger partial charge in [0.1, 0.15) is 5.75 Å². The highest BCUT2D eigenvalue weighted by Crippen LogP contribution is 2.22. The first-order valence-electron chi connectivity index (χ1n) is 9.03. The van der Waals surface area contributed by atoms with Gasteiger partial charge in [0.05, 0.1) is 6.21 Å². The highest BCUT2D eigenvalue weighted by atomic mass is 32.1. The van der Waals surface area contributed by atoms with Crippen LogP contribution in [0.5, 0.6) is 5.75 Å². The number of aromatic nitrogens is 3. The standard InChI is InChI=1S/C22H16F2N4OS/c23-21(24)29-19-12-10-18(11-13-19)20-26-27-22(30)28(20)25-14-15-6-8-17(9-7-15)16-4-2-1-3-5-16/h1-14,21H,(H,27,30). The molecule has 0 saturated heterocycles. The van der Waals surface area contributed by atoms with E-state index in [0.717, 1.165) is 16.7 Å². The van der Waals surface area contributed by atoms with Crippen molar-refractivity contribution in [3.05, 3.63) is 89.2 Å². The van der Waals surface area contributed by atoms with Crippen LogP contribution in [-0.2, 0) is 0 Å². The van der Waals surface area contributed by atoms with Crippen molar-refractivity contribution in [1.82, 2.24) is 14.9 Å². The zero-order chi connectivity index (χ0) is 20.9. The number of halogens is 2. The van der Waals surface area contributed by atoms with Gasteiger partial charge in [0.15, 0.2) is 5.82 Å². The van der Waals surface area contributed by atoms with Gasteiger partial charge in [0.25, 0.3) is 0 Å². The number of nitrogens with zero attached hydrogens (tertiary/aromatic N) is 3. The number of nitrogens with one attached hydrogen (secondary N) is 1. The lowest BCUT2D eigenvalue weighted by Gasteiger charge is -2.05. The summed E-state index contributed by atoms with van der Waals surface area (Å²) in [6.45, 7) is -2.87. The Morgan fingerprint density at radius 2 is 1.53 bits per heavy atom. The van der Waals surface area contributed by atoms with E-state index in [-0.39, 0.29) is 5.75 Å². The quantitative estimate of drug-likeness (QED) is 0.318. The van der Waals surface area contributed by atoms with E-state index in [1.807, 2.05) is 42.5 Å². The number of H-pyrrole nitrogens is 1. The van der Waals surface area contributed by atoms with Gasteiger partial charge in [0.2, 0.25) is 4.77 Å². The van der Waals surface area contributed by atoms with E-state index in [2.05, 4.69) is 32.2 Å². The van der Waals surface area contributed by atoms with Crippen LogP contribution < -0.4 is 4.74 Å². The predicted octanol–water partition coefficient (Wildman–Crippen LogP) is 5.76. The van der Waals surface area contributed by atoms with Gasteiger partial charge >= 0.3 is 6.61 Å². The van der Waals surface area contributed by atoms with E-state index >= 15 is 0 Å². The van der Waals surface area contributed by atoms with Gasteiger partial charge in [-0.25, -0.2) is 5.10 Å². The highest BCUT2D eigenvalue weighted by molar-refractivity contribution is 7.71. The van der Waals surface area contributed by atoms with Gasteiger partial charge in [-0.2, -0.15) is 23.7 Å². The van der Waals surface area contributed by atoms with Gasteiger partial charge in [-0.1, -0.05) is 54.6 Å². The zero-order valence-electron chi connectivity index (χ0n) is 15.6. The van der Waals surface area contributed by atoms with Crippen molar-refractivity contribution in [2.75, 3.05) is 0 Å². The summed E-state index contributed by atoms with van der Waals surface area (Å²) in [5.74, 6) is 0.525. The van der Waals surface area contributed by atoms with Gasteiger partial charge < -0.3 is 4.74 Å². The predicted molar refractivity (Wildman–Crippen MR) is 114 cm³/mol. The molecule has 0 radical (unpaired) electrons. The summed E-state index contributed by atoms with van der Waals surface area (Å²) in [5.41, 5.74) is 3.80. The van der Waals surface area contributed by atoms with Crippen LogP contribution >= 0.6 is 12.2 Å². The first-order chi connectivity index (χ1) is 14.6. The molecule has 0 fully saturated rings. The summed E-state index contributed by atoms with van der Waals surface area (Å²) in [5, 5.41) is 11.3. The number of ether oxygens (including phenoxy) is 1. The number of alkyl halides is 2. The average molecular weight is 422 g/mol. The fraction of sp³-hybridized carbons (Fsp3) is 0.0455. The van der Waals surface area contributed by atoms with E-state index < -0.39 is 6.61 Å². The summed E-state index contributed by atoms with van der Waals surface area (Å²) in [7, 11) is 0. The topological polar surface area (TPSA) is 55.2 Å². The minimum atomic E-state index is -2.87. The zero-order valence-corrected chi connectivity index (χ0v) is 16.4. The average Bonchev–Trinajstić information content (AvgIpc) is 3.14. The Labute approximate surface area is 176 Å². The van der Waals surface area contributed by atoms with Gasteiger partial charge in [-0.15, -0.1) is 0 Å². The van der Waals surface area contributed by atoms with Crippen LogP contribution in [0.3, 0.4) is 0 Å². The van der Waals surface area contributed by atoms with Crippen molar-refractivity contribution in [3.8, 4) is 28.3 Å². The lowest BCUT2D eigenvalue weighted by atomic mass is 10.0. The van der Waals surface area contributed by atoms with Crippen molar-refractivity contribution in [3.63, 3.8) is 0 Å². The third-order valence-electron chi connectivity index (χ3n) is 4.33. The molecule has 30 heavy (non-hydrogen) atoms. The Hall–Kier alpha value is -3.65. The first-order valence-corrected chi connectivity index (χ1v) is 9.43. The molecule has 0 aliphatic heterocycles. The summed E-state index contributed by atoms with van der Waals surface area (Å²) in [6, 6.07) is 24.2. The summed E-state index contributed by atoms with van der Waals surface area (Å²) < 4.78 is 30.8. The van der Waals surface area contributed by atoms with Crippen LogP contribution in [0.15, 0.2) is 84.0 Å². The SMILES string of the molecule is FC(F)Oc1ccc(-c2n[nH]c(=S)n2N=Cc2ccc(-c3ccccc3)cc2)cc1. The van der Waals surface area contributed by atoms with Crippen molar-refractivity contribution in [2.45, 2.75) is 6.61 Å². The maximum absolute atomic E-state index is 12.3. The maximum atomic E-state index is 12.3. The van der Waals surface area contributed by atoms with Gasteiger partial charge in [-0.3, -0.25) is 0 Å². The smallest absolute Gasteiger partial charge is 0.387 e. The number of hydrogen-bond acceptors (Lipinski definition) is 4. The minimum Gasteiger partial charge on any atom is -0.435 e. The van der Waals surface area contributed by atoms with E-state index in [9.17, 15) is 8.78 Å². The third kappa shape index (κ3) is 4.49. The van der Waals surface area contributed by atoms with E-state index in [0.29, 0.717) is 16.2 Å². The molecule has 4 aromatic rings. The molecule has 0 saturated carbocycles. The largest absolute Gasteiger partial charge is 0.435 e. The summed E-state index contributed by atoms with van der Waals surface area (Å²) in [6.07, 6.45) is 1.68. The molecule has 0 amide bonds. The van der Waals surface area contributed by atoms with E-state index in [1.165, 1.54) is 16.8 Å². The van der Waals surface area contributed by atoms with Crippen LogP contribution in [0.1, 0.15) is 5.56 Å². The van der Waals surface area contributed by atoms with Gasteiger partial charge in [0, 0.05) is 5.56 Å². The van der Waals surface area contributed by atoms with Crippen LogP contribution in [0, 0.1) is 4.77 Å². The van der Waals surface area contributed by atoms with Crippen molar-refractivity contribution >= 4 is 18.4 Å². The molecule has 8 heteroatoms. The maximum Gasteiger partial charge on any atom is 0.387 e. The first kappa shape index (κ1) is 19.7. The van der Waals surface area contributed by atoms with Crippen LogP contribution in [0.4, 0.5) is 8.78 Å². The molecule has 4 rings (SSSR count). The molecular formula is C22H16F2N4OS. The number of benzene rings is 3. The van der Waals surface area contributed by atoms with Crippen molar-refractivity contribution in [2.24, 2.45) is 5.10 Å². The normalized spacial score (nSPS) is 11.3. The molecule has 150 valence electrons. The highest BCUT2D eigenvalue weighted by Gasteiger charge is 2.10. The Kier molecular flexibility index (Phi) is 5.76. The molecule has 5 nitrogen and oxygen atoms in total. The fourth-order valence-corrected chi connectivity index (χ4v) is 3.07. The molecule has 0 spiro atoms. The number of rotatable bonds is 6. The third-order valence-corrected chi connectivity index (χ3v) is 4.59. The van der Waals surface area contributed by atoms with E-state index in [4.69, 9.17) is 12.2 Å². The number of aromatic amines is 1.